The van der Waals surface area contributed by atoms with Crippen LogP contribution in [0, 0.1) is 0 Å². The molecular weight excluding hydrogens is 388 g/mol. The van der Waals surface area contributed by atoms with Gasteiger partial charge in [0.05, 0.1) is 24.2 Å². The van der Waals surface area contributed by atoms with E-state index in [1.54, 1.807) is 6.92 Å². The first-order valence-electron chi connectivity index (χ1n) is 11.7. The van der Waals surface area contributed by atoms with E-state index in [1.807, 2.05) is 17.3 Å². The Hall–Kier alpha value is -2.60. The molecule has 0 radical (unpaired) electrons. The number of carbonyl (C=O) groups excluding carboxylic acids is 1. The van der Waals surface area contributed by atoms with E-state index in [9.17, 15) is 4.79 Å². The summed E-state index contributed by atoms with van der Waals surface area (Å²) in [5, 5.41) is 0. The molecule has 0 bridgehead atoms. The number of hydrogen-bond acceptors (Lipinski definition) is 5. The predicted octanol–water partition coefficient (Wildman–Crippen LogP) is 2.99. The lowest BCUT2D eigenvalue weighted by molar-refractivity contribution is -0.116. The van der Waals surface area contributed by atoms with Gasteiger partial charge in [0.2, 0.25) is 5.91 Å². The number of hydrogen-bond donors (Lipinski definition) is 0. The van der Waals surface area contributed by atoms with Gasteiger partial charge in [0.25, 0.3) is 0 Å². The number of anilines is 2. The average Bonchev–Trinajstić information content (AvgIpc) is 3.39. The van der Waals surface area contributed by atoms with Crippen molar-refractivity contribution >= 4 is 17.3 Å². The summed E-state index contributed by atoms with van der Waals surface area (Å²) >= 11 is 0. The van der Waals surface area contributed by atoms with Crippen LogP contribution in [0.3, 0.4) is 0 Å². The molecule has 4 aliphatic heterocycles. The third-order valence-corrected chi connectivity index (χ3v) is 7.63. The normalized spacial score (nSPS) is 23.9. The Balaban J connectivity index is 1.15. The number of fused-ring (bicyclic) bond motifs is 4. The number of amides is 1. The topological polar surface area (TPSA) is 48.9 Å². The fourth-order valence-corrected chi connectivity index (χ4v) is 6.20. The SMILES string of the molecule is CC(=O)N1CCN2c3c(cncc31)[C@@H]1CN(CCCc3cccc4c3OCC4)CC[C@@H]12. The molecule has 4 aliphatic rings. The zero-order valence-electron chi connectivity index (χ0n) is 18.2. The summed E-state index contributed by atoms with van der Waals surface area (Å²) in [5.41, 5.74) is 6.36. The summed E-state index contributed by atoms with van der Waals surface area (Å²) in [4.78, 5) is 23.8. The average molecular weight is 419 g/mol. The van der Waals surface area contributed by atoms with Crippen LogP contribution in [0.15, 0.2) is 30.6 Å². The molecule has 1 aromatic carbocycles. The van der Waals surface area contributed by atoms with Gasteiger partial charge in [0.1, 0.15) is 5.75 Å². The van der Waals surface area contributed by atoms with E-state index in [0.717, 1.165) is 70.0 Å². The standard InChI is InChI=1S/C25H30N4O2/c1-17(30)28-11-12-29-22-7-10-27(16-21(22)20-14-26-15-23(28)24(20)29)9-3-6-18-4-2-5-19-8-13-31-25(18)19/h2,4-5,14-15,21-22H,3,6-13,16H2,1H3/t21-,22-/m0/s1. The lowest BCUT2D eigenvalue weighted by atomic mass is 9.89. The van der Waals surface area contributed by atoms with Gasteiger partial charge in [-0.05, 0) is 36.9 Å². The molecular formula is C25H30N4O2. The molecule has 1 aromatic heterocycles. The Labute approximate surface area is 183 Å². The number of pyridine rings is 1. The van der Waals surface area contributed by atoms with Crippen LogP contribution in [0.25, 0.3) is 0 Å². The lowest BCUT2D eigenvalue weighted by Crippen LogP contribution is -2.50. The highest BCUT2D eigenvalue weighted by Crippen LogP contribution is 2.50. The summed E-state index contributed by atoms with van der Waals surface area (Å²) in [6, 6.07) is 7.15. The molecule has 0 saturated carbocycles. The molecule has 5 heterocycles. The zero-order valence-corrected chi connectivity index (χ0v) is 18.2. The molecule has 0 spiro atoms. The highest BCUT2D eigenvalue weighted by molar-refractivity contribution is 5.97. The second kappa shape index (κ2) is 7.52. The maximum atomic E-state index is 12.1. The summed E-state index contributed by atoms with van der Waals surface area (Å²) in [7, 11) is 0. The van der Waals surface area contributed by atoms with Crippen LogP contribution in [-0.4, -0.2) is 61.2 Å². The van der Waals surface area contributed by atoms with Crippen LogP contribution in [0.5, 0.6) is 5.75 Å². The molecule has 6 heteroatoms. The minimum atomic E-state index is 0.114. The van der Waals surface area contributed by atoms with E-state index >= 15 is 0 Å². The van der Waals surface area contributed by atoms with Crippen molar-refractivity contribution in [2.45, 2.75) is 44.6 Å². The number of likely N-dealkylation sites (tertiary alicyclic amines) is 1. The van der Waals surface area contributed by atoms with Gasteiger partial charge in [0.15, 0.2) is 0 Å². The summed E-state index contributed by atoms with van der Waals surface area (Å²) in [6.07, 6.45) is 8.39. The maximum Gasteiger partial charge on any atom is 0.224 e. The van der Waals surface area contributed by atoms with Crippen LogP contribution < -0.4 is 14.5 Å². The first-order chi connectivity index (χ1) is 15.2. The van der Waals surface area contributed by atoms with E-state index in [1.165, 1.54) is 28.8 Å². The fourth-order valence-electron chi connectivity index (χ4n) is 6.20. The molecule has 1 fully saturated rings. The van der Waals surface area contributed by atoms with Crippen molar-refractivity contribution in [2.75, 3.05) is 49.1 Å². The first kappa shape index (κ1) is 19.1. The van der Waals surface area contributed by atoms with E-state index in [2.05, 4.69) is 33.0 Å². The Kier molecular flexibility index (Phi) is 4.64. The smallest absolute Gasteiger partial charge is 0.224 e. The third-order valence-electron chi connectivity index (χ3n) is 7.63. The van der Waals surface area contributed by atoms with Crippen LogP contribution >= 0.6 is 0 Å². The molecule has 162 valence electrons. The van der Waals surface area contributed by atoms with Gasteiger partial charge in [-0.15, -0.1) is 0 Å². The van der Waals surface area contributed by atoms with Gasteiger partial charge in [-0.25, -0.2) is 0 Å². The molecule has 0 unspecified atom stereocenters. The van der Waals surface area contributed by atoms with Crippen molar-refractivity contribution in [3.8, 4) is 5.75 Å². The largest absolute Gasteiger partial charge is 0.493 e. The highest BCUT2D eigenvalue weighted by atomic mass is 16.5. The summed E-state index contributed by atoms with van der Waals surface area (Å²) in [5.74, 6) is 1.75. The van der Waals surface area contributed by atoms with Crippen LogP contribution in [0.4, 0.5) is 11.4 Å². The molecule has 2 aromatic rings. The van der Waals surface area contributed by atoms with Crippen molar-refractivity contribution in [2.24, 2.45) is 0 Å². The van der Waals surface area contributed by atoms with Gasteiger partial charge in [0, 0.05) is 63.2 Å². The molecule has 2 atom stereocenters. The number of nitrogens with zero attached hydrogens (tertiary/aromatic N) is 4. The zero-order chi connectivity index (χ0) is 20.9. The summed E-state index contributed by atoms with van der Waals surface area (Å²) in [6.45, 7) is 7.54. The van der Waals surface area contributed by atoms with Crippen molar-refractivity contribution in [1.29, 1.82) is 0 Å². The number of aryl methyl sites for hydroxylation is 1. The van der Waals surface area contributed by atoms with E-state index in [0.29, 0.717) is 12.0 Å². The second-order valence-corrected chi connectivity index (χ2v) is 9.33. The quantitative estimate of drug-likeness (QED) is 0.764. The monoisotopic (exact) mass is 418 g/mol. The van der Waals surface area contributed by atoms with E-state index in [4.69, 9.17) is 4.74 Å². The Bertz CT molecular complexity index is 1020. The van der Waals surface area contributed by atoms with Crippen molar-refractivity contribution in [3.05, 3.63) is 47.3 Å². The molecule has 0 aliphatic carbocycles. The Morgan fingerprint density at radius 2 is 2.16 bits per heavy atom. The molecule has 6 nitrogen and oxygen atoms in total. The molecule has 6 rings (SSSR count). The predicted molar refractivity (Wildman–Crippen MR) is 121 cm³/mol. The third kappa shape index (κ3) is 3.11. The van der Waals surface area contributed by atoms with Gasteiger partial charge in [-0.1, -0.05) is 18.2 Å². The molecule has 0 N–H and O–H groups in total. The minimum Gasteiger partial charge on any atom is -0.493 e. The van der Waals surface area contributed by atoms with Crippen LogP contribution in [0.2, 0.25) is 0 Å². The Morgan fingerprint density at radius 1 is 1.23 bits per heavy atom. The number of benzene rings is 1. The molecule has 31 heavy (non-hydrogen) atoms. The van der Waals surface area contributed by atoms with Crippen molar-refractivity contribution in [3.63, 3.8) is 0 Å². The maximum absolute atomic E-state index is 12.1. The molecule has 1 saturated heterocycles. The Morgan fingerprint density at radius 3 is 3.06 bits per heavy atom. The van der Waals surface area contributed by atoms with E-state index in [-0.39, 0.29) is 5.91 Å². The fraction of sp³-hybridized carbons (Fsp3) is 0.520. The van der Waals surface area contributed by atoms with Crippen LogP contribution in [0.1, 0.15) is 42.4 Å². The van der Waals surface area contributed by atoms with Crippen LogP contribution in [-0.2, 0) is 17.6 Å². The summed E-state index contributed by atoms with van der Waals surface area (Å²) < 4.78 is 5.88. The minimum absolute atomic E-state index is 0.114. The van der Waals surface area contributed by atoms with Crippen molar-refractivity contribution in [1.82, 2.24) is 9.88 Å². The lowest BCUT2D eigenvalue weighted by Gasteiger charge is -2.41. The first-order valence-corrected chi connectivity index (χ1v) is 11.7. The van der Waals surface area contributed by atoms with E-state index < -0.39 is 0 Å². The molecule has 1 amide bonds. The number of para-hydroxylation sites is 1. The number of carbonyl (C=O) groups is 1. The second-order valence-electron chi connectivity index (χ2n) is 9.33. The van der Waals surface area contributed by atoms with Gasteiger partial charge >= 0.3 is 0 Å². The van der Waals surface area contributed by atoms with Gasteiger partial charge < -0.3 is 19.4 Å². The number of rotatable bonds is 4. The van der Waals surface area contributed by atoms with Gasteiger partial charge in [-0.3, -0.25) is 9.78 Å². The number of aromatic nitrogens is 1. The van der Waals surface area contributed by atoms with Gasteiger partial charge in [-0.2, -0.15) is 0 Å². The number of ether oxygens (including phenoxy) is 1. The highest BCUT2D eigenvalue weighted by Gasteiger charge is 2.45. The number of piperidine rings is 1. The van der Waals surface area contributed by atoms with Crippen molar-refractivity contribution < 1.29 is 9.53 Å².